The fraction of sp³-hybridized carbons (Fsp3) is 0.600. The first-order valence-corrected chi connectivity index (χ1v) is 7.04. The standard InChI is InChI=1S/C15H24FN3/c1-12-8-10-19(11-15(7-9-17)18(12)2)14-5-3-13(16)4-6-14/h3-6,12,15H,7-11,17H2,1-2H3. The van der Waals surface area contributed by atoms with E-state index in [9.17, 15) is 4.39 Å². The molecule has 0 saturated carbocycles. The molecule has 0 spiro atoms. The van der Waals surface area contributed by atoms with E-state index in [4.69, 9.17) is 5.73 Å². The lowest BCUT2D eigenvalue weighted by Crippen LogP contribution is -2.42. The molecule has 4 heteroatoms. The molecular formula is C15H24FN3. The van der Waals surface area contributed by atoms with E-state index in [-0.39, 0.29) is 5.82 Å². The fourth-order valence-corrected chi connectivity index (χ4v) is 2.75. The summed E-state index contributed by atoms with van der Waals surface area (Å²) in [5, 5.41) is 0. The summed E-state index contributed by atoms with van der Waals surface area (Å²) in [7, 11) is 2.18. The van der Waals surface area contributed by atoms with Crippen LogP contribution in [0.4, 0.5) is 10.1 Å². The Hall–Kier alpha value is -1.13. The molecule has 1 heterocycles. The zero-order valence-corrected chi connectivity index (χ0v) is 11.8. The molecule has 0 amide bonds. The molecule has 0 aromatic heterocycles. The summed E-state index contributed by atoms with van der Waals surface area (Å²) in [4.78, 5) is 4.77. The fourth-order valence-electron chi connectivity index (χ4n) is 2.75. The first-order valence-electron chi connectivity index (χ1n) is 7.04. The summed E-state index contributed by atoms with van der Waals surface area (Å²) in [5.41, 5.74) is 6.83. The van der Waals surface area contributed by atoms with E-state index >= 15 is 0 Å². The predicted octanol–water partition coefficient (Wildman–Crippen LogP) is 2.07. The topological polar surface area (TPSA) is 32.5 Å². The number of nitrogens with two attached hydrogens (primary N) is 1. The van der Waals surface area contributed by atoms with Crippen LogP contribution in [0.3, 0.4) is 0 Å². The minimum Gasteiger partial charge on any atom is -0.370 e. The van der Waals surface area contributed by atoms with Gasteiger partial charge in [-0.15, -0.1) is 0 Å². The van der Waals surface area contributed by atoms with E-state index in [1.165, 1.54) is 12.1 Å². The molecule has 19 heavy (non-hydrogen) atoms. The number of hydrogen-bond donors (Lipinski definition) is 1. The number of anilines is 1. The second kappa shape index (κ2) is 6.35. The van der Waals surface area contributed by atoms with Crippen LogP contribution in [0.15, 0.2) is 24.3 Å². The predicted molar refractivity (Wildman–Crippen MR) is 77.9 cm³/mol. The van der Waals surface area contributed by atoms with Crippen molar-refractivity contribution in [1.82, 2.24) is 4.90 Å². The Morgan fingerprint density at radius 1 is 1.32 bits per heavy atom. The second-order valence-electron chi connectivity index (χ2n) is 5.46. The van der Waals surface area contributed by atoms with E-state index in [1.807, 2.05) is 12.1 Å². The van der Waals surface area contributed by atoms with Gasteiger partial charge in [0.1, 0.15) is 5.82 Å². The van der Waals surface area contributed by atoms with Gasteiger partial charge in [-0.25, -0.2) is 4.39 Å². The molecule has 2 N–H and O–H groups in total. The number of halogens is 1. The molecular weight excluding hydrogens is 241 g/mol. The Labute approximate surface area is 115 Å². The van der Waals surface area contributed by atoms with Crippen molar-refractivity contribution >= 4 is 5.69 Å². The van der Waals surface area contributed by atoms with Crippen LogP contribution in [0, 0.1) is 5.82 Å². The molecule has 0 aliphatic carbocycles. The molecule has 2 unspecified atom stereocenters. The van der Waals surface area contributed by atoms with Crippen LogP contribution in [0.1, 0.15) is 19.8 Å². The van der Waals surface area contributed by atoms with Crippen LogP contribution in [-0.2, 0) is 0 Å². The Bertz CT molecular complexity index is 393. The Morgan fingerprint density at radius 3 is 2.63 bits per heavy atom. The maximum Gasteiger partial charge on any atom is 0.123 e. The molecule has 106 valence electrons. The van der Waals surface area contributed by atoms with Gasteiger partial charge in [0.05, 0.1) is 0 Å². The molecule has 1 aromatic rings. The Kier molecular flexibility index (Phi) is 4.77. The summed E-state index contributed by atoms with van der Waals surface area (Å²) in [6, 6.07) is 7.82. The molecule has 1 aliphatic rings. The highest BCUT2D eigenvalue weighted by atomic mass is 19.1. The molecule has 1 fully saturated rings. The number of hydrogen-bond acceptors (Lipinski definition) is 3. The molecule has 2 atom stereocenters. The smallest absolute Gasteiger partial charge is 0.123 e. The van der Waals surface area contributed by atoms with Crippen molar-refractivity contribution in [1.29, 1.82) is 0 Å². The molecule has 3 nitrogen and oxygen atoms in total. The first-order chi connectivity index (χ1) is 9.11. The molecule has 1 aromatic carbocycles. The number of nitrogens with zero attached hydrogens (tertiary/aromatic N) is 2. The van der Waals surface area contributed by atoms with Crippen molar-refractivity contribution in [3.63, 3.8) is 0 Å². The lowest BCUT2D eigenvalue weighted by atomic mass is 10.1. The largest absolute Gasteiger partial charge is 0.370 e. The number of rotatable bonds is 3. The van der Waals surface area contributed by atoms with Gasteiger partial charge >= 0.3 is 0 Å². The van der Waals surface area contributed by atoms with Gasteiger partial charge in [0.15, 0.2) is 0 Å². The quantitative estimate of drug-likeness (QED) is 0.908. The van der Waals surface area contributed by atoms with E-state index in [0.29, 0.717) is 18.6 Å². The molecule has 0 radical (unpaired) electrons. The average molecular weight is 265 g/mol. The van der Waals surface area contributed by atoms with Crippen LogP contribution < -0.4 is 10.6 Å². The van der Waals surface area contributed by atoms with Crippen molar-refractivity contribution < 1.29 is 4.39 Å². The molecule has 0 bridgehead atoms. The first kappa shape index (κ1) is 14.3. The van der Waals surface area contributed by atoms with Crippen LogP contribution >= 0.6 is 0 Å². The third-order valence-electron chi connectivity index (χ3n) is 4.21. The normalized spacial score (nSPS) is 25.4. The molecule has 1 saturated heterocycles. The third kappa shape index (κ3) is 3.45. The minimum absolute atomic E-state index is 0.178. The highest BCUT2D eigenvalue weighted by molar-refractivity contribution is 5.46. The minimum atomic E-state index is -0.178. The zero-order chi connectivity index (χ0) is 13.8. The summed E-state index contributed by atoms with van der Waals surface area (Å²) in [5.74, 6) is -0.178. The van der Waals surface area contributed by atoms with E-state index in [0.717, 1.165) is 31.6 Å². The van der Waals surface area contributed by atoms with E-state index in [1.54, 1.807) is 0 Å². The van der Waals surface area contributed by atoms with Crippen molar-refractivity contribution in [2.24, 2.45) is 5.73 Å². The SMILES string of the molecule is CC1CCN(c2ccc(F)cc2)CC(CCN)N1C. The summed E-state index contributed by atoms with van der Waals surface area (Å²) in [6.07, 6.45) is 2.12. The van der Waals surface area contributed by atoms with Gasteiger partial charge in [-0.05, 0) is 57.6 Å². The molecule has 1 aliphatic heterocycles. The number of likely N-dealkylation sites (N-methyl/N-ethyl adjacent to an activating group) is 1. The average Bonchev–Trinajstić information content (AvgIpc) is 2.54. The van der Waals surface area contributed by atoms with Crippen LogP contribution in [0.25, 0.3) is 0 Å². The van der Waals surface area contributed by atoms with E-state index < -0.39 is 0 Å². The maximum absolute atomic E-state index is 13.0. The second-order valence-corrected chi connectivity index (χ2v) is 5.46. The number of benzene rings is 1. The third-order valence-corrected chi connectivity index (χ3v) is 4.21. The van der Waals surface area contributed by atoms with Gasteiger partial charge < -0.3 is 10.6 Å². The van der Waals surface area contributed by atoms with Crippen molar-refractivity contribution in [3.05, 3.63) is 30.1 Å². The van der Waals surface area contributed by atoms with Gasteiger partial charge in [-0.1, -0.05) is 0 Å². The summed E-state index contributed by atoms with van der Waals surface area (Å²) >= 11 is 0. The lowest BCUT2D eigenvalue weighted by Gasteiger charge is -2.32. The van der Waals surface area contributed by atoms with Crippen molar-refractivity contribution in [2.75, 3.05) is 31.6 Å². The summed E-state index contributed by atoms with van der Waals surface area (Å²) < 4.78 is 13.0. The van der Waals surface area contributed by atoms with Gasteiger partial charge in [0.2, 0.25) is 0 Å². The summed E-state index contributed by atoms with van der Waals surface area (Å²) in [6.45, 7) is 4.94. The van der Waals surface area contributed by atoms with Crippen molar-refractivity contribution in [3.8, 4) is 0 Å². The zero-order valence-electron chi connectivity index (χ0n) is 11.8. The Balaban J connectivity index is 2.14. The van der Waals surface area contributed by atoms with Crippen LogP contribution in [0.5, 0.6) is 0 Å². The van der Waals surface area contributed by atoms with Gasteiger partial charge in [0.25, 0.3) is 0 Å². The Morgan fingerprint density at radius 2 is 2.00 bits per heavy atom. The van der Waals surface area contributed by atoms with Crippen molar-refractivity contribution in [2.45, 2.75) is 31.8 Å². The van der Waals surface area contributed by atoms with Gasteiger partial charge in [-0.2, -0.15) is 0 Å². The maximum atomic E-state index is 13.0. The van der Waals surface area contributed by atoms with Gasteiger partial charge in [-0.3, -0.25) is 4.90 Å². The van der Waals surface area contributed by atoms with Crippen LogP contribution in [0.2, 0.25) is 0 Å². The highest BCUT2D eigenvalue weighted by Gasteiger charge is 2.26. The highest BCUT2D eigenvalue weighted by Crippen LogP contribution is 2.22. The monoisotopic (exact) mass is 265 g/mol. The van der Waals surface area contributed by atoms with Crippen LogP contribution in [-0.4, -0.2) is 43.7 Å². The van der Waals surface area contributed by atoms with Gasteiger partial charge in [0, 0.05) is 30.9 Å². The lowest BCUT2D eigenvalue weighted by molar-refractivity contribution is 0.190. The molecule has 2 rings (SSSR count). The van der Waals surface area contributed by atoms with E-state index in [2.05, 4.69) is 23.8 Å².